The summed E-state index contributed by atoms with van der Waals surface area (Å²) in [6.07, 6.45) is 5.16. The second-order valence-electron chi connectivity index (χ2n) is 6.26. The highest BCUT2D eigenvalue weighted by Gasteiger charge is 2.36. The molecule has 0 aliphatic carbocycles. The Hall–Kier alpha value is -0.650. The summed E-state index contributed by atoms with van der Waals surface area (Å²) in [5.41, 5.74) is 6.03. The van der Waals surface area contributed by atoms with Gasteiger partial charge in [-0.25, -0.2) is 0 Å². The molecule has 0 aromatic heterocycles. The smallest absolute Gasteiger partial charge is 0.239 e. The zero-order valence-corrected chi connectivity index (χ0v) is 12.9. The Bertz CT molecular complexity index is 324. The molecule has 1 amide bonds. The number of likely N-dealkylation sites (tertiary alicyclic amines) is 2. The van der Waals surface area contributed by atoms with Crippen molar-refractivity contribution in [1.82, 2.24) is 9.80 Å². The molecule has 2 aliphatic rings. The molecule has 2 aliphatic heterocycles. The topological polar surface area (TPSA) is 58.8 Å². The van der Waals surface area contributed by atoms with Crippen LogP contribution in [0.15, 0.2) is 0 Å². The van der Waals surface area contributed by atoms with Crippen LogP contribution in [0, 0.1) is 5.92 Å². The Morgan fingerprint density at radius 2 is 2.20 bits per heavy atom. The molecule has 2 N–H and O–H groups in total. The van der Waals surface area contributed by atoms with Crippen LogP contribution in [0.25, 0.3) is 0 Å². The van der Waals surface area contributed by atoms with Gasteiger partial charge in [-0.2, -0.15) is 0 Å². The predicted octanol–water partition coefficient (Wildman–Crippen LogP) is 0.683. The van der Waals surface area contributed by atoms with E-state index < -0.39 is 0 Å². The van der Waals surface area contributed by atoms with Gasteiger partial charge in [0.25, 0.3) is 0 Å². The van der Waals surface area contributed by atoms with Gasteiger partial charge in [0.05, 0.1) is 6.04 Å². The van der Waals surface area contributed by atoms with Gasteiger partial charge in [-0.15, -0.1) is 0 Å². The van der Waals surface area contributed by atoms with E-state index in [0.717, 1.165) is 32.4 Å². The molecule has 2 heterocycles. The minimum absolute atomic E-state index is 0.132. The number of amides is 1. The Balaban J connectivity index is 1.83. The molecule has 2 saturated heterocycles. The normalized spacial score (nSPS) is 29.1. The average Bonchev–Trinajstić information content (AvgIpc) is 2.46. The number of rotatable bonds is 5. The zero-order valence-electron chi connectivity index (χ0n) is 12.9. The summed E-state index contributed by atoms with van der Waals surface area (Å²) >= 11 is 0. The molecular weight excluding hydrogens is 254 g/mol. The van der Waals surface area contributed by atoms with Crippen molar-refractivity contribution in [3.8, 4) is 0 Å². The van der Waals surface area contributed by atoms with E-state index in [-0.39, 0.29) is 11.9 Å². The second-order valence-corrected chi connectivity index (χ2v) is 6.26. The van der Waals surface area contributed by atoms with Crippen LogP contribution in [-0.4, -0.2) is 68.2 Å². The summed E-state index contributed by atoms with van der Waals surface area (Å²) in [5.74, 6) is 0.769. The molecule has 2 fully saturated rings. The summed E-state index contributed by atoms with van der Waals surface area (Å²) in [6, 6.07) is 0.306. The highest BCUT2D eigenvalue weighted by molar-refractivity contribution is 5.81. The molecule has 116 valence electrons. The molecule has 3 atom stereocenters. The summed E-state index contributed by atoms with van der Waals surface area (Å²) in [4.78, 5) is 16.9. The molecule has 0 radical (unpaired) electrons. The molecule has 0 spiro atoms. The van der Waals surface area contributed by atoms with Gasteiger partial charge in [-0.05, 0) is 51.6 Å². The van der Waals surface area contributed by atoms with Gasteiger partial charge >= 0.3 is 0 Å². The van der Waals surface area contributed by atoms with Crippen molar-refractivity contribution < 1.29 is 9.53 Å². The lowest BCUT2D eigenvalue weighted by Crippen LogP contribution is -2.56. The number of piperidine rings is 2. The Morgan fingerprint density at radius 1 is 1.40 bits per heavy atom. The maximum absolute atomic E-state index is 12.4. The van der Waals surface area contributed by atoms with Crippen molar-refractivity contribution in [3.63, 3.8) is 0 Å². The van der Waals surface area contributed by atoms with E-state index in [1.165, 1.54) is 19.4 Å². The van der Waals surface area contributed by atoms with Crippen molar-refractivity contribution >= 4 is 5.91 Å². The molecular formula is C15H29N3O2. The summed E-state index contributed by atoms with van der Waals surface area (Å²) in [7, 11) is 3.89. The van der Waals surface area contributed by atoms with Gasteiger partial charge in [0.1, 0.15) is 0 Å². The third kappa shape index (κ3) is 3.71. The largest absolute Gasteiger partial charge is 0.385 e. The van der Waals surface area contributed by atoms with Crippen LogP contribution in [-0.2, 0) is 9.53 Å². The van der Waals surface area contributed by atoms with Crippen molar-refractivity contribution in [2.75, 3.05) is 40.4 Å². The fourth-order valence-corrected chi connectivity index (χ4v) is 3.66. The second kappa shape index (κ2) is 7.38. The molecule has 5 nitrogen and oxygen atoms in total. The first kappa shape index (κ1) is 15.7. The number of fused-ring (bicyclic) bond motifs is 1. The highest BCUT2D eigenvalue weighted by atomic mass is 16.5. The van der Waals surface area contributed by atoms with E-state index in [1.807, 2.05) is 4.90 Å². The summed E-state index contributed by atoms with van der Waals surface area (Å²) in [5, 5.41) is 0. The minimum atomic E-state index is -0.358. The van der Waals surface area contributed by atoms with Crippen LogP contribution in [0.2, 0.25) is 0 Å². The number of methoxy groups -OCH3 is 1. The number of ether oxygens (including phenoxy) is 1. The van der Waals surface area contributed by atoms with Crippen LogP contribution in [0.4, 0.5) is 0 Å². The van der Waals surface area contributed by atoms with Crippen LogP contribution < -0.4 is 5.73 Å². The van der Waals surface area contributed by atoms with Crippen molar-refractivity contribution in [2.24, 2.45) is 11.7 Å². The highest BCUT2D eigenvalue weighted by Crippen LogP contribution is 2.29. The molecule has 0 aromatic rings. The van der Waals surface area contributed by atoms with Crippen molar-refractivity contribution in [1.29, 1.82) is 0 Å². The summed E-state index contributed by atoms with van der Waals surface area (Å²) < 4.78 is 5.01. The van der Waals surface area contributed by atoms with E-state index in [2.05, 4.69) is 11.9 Å². The molecule has 3 unspecified atom stereocenters. The number of carbonyl (C=O) groups is 1. The first-order valence-corrected chi connectivity index (χ1v) is 7.87. The fourth-order valence-electron chi connectivity index (χ4n) is 3.66. The number of nitrogens with zero attached hydrogens (tertiary/aromatic N) is 2. The van der Waals surface area contributed by atoms with Gasteiger partial charge in [0.2, 0.25) is 5.91 Å². The lowest BCUT2D eigenvalue weighted by Gasteiger charge is -2.46. The van der Waals surface area contributed by atoms with Gasteiger partial charge in [0.15, 0.2) is 0 Å². The molecule has 2 rings (SSSR count). The van der Waals surface area contributed by atoms with E-state index in [1.54, 1.807) is 7.11 Å². The Labute approximate surface area is 122 Å². The average molecular weight is 283 g/mol. The zero-order chi connectivity index (χ0) is 14.5. The monoisotopic (exact) mass is 283 g/mol. The molecule has 0 aromatic carbocycles. The number of carbonyl (C=O) groups excluding carboxylic acids is 1. The number of hydrogen-bond acceptors (Lipinski definition) is 4. The van der Waals surface area contributed by atoms with Gasteiger partial charge in [-0.3, -0.25) is 4.79 Å². The first-order valence-electron chi connectivity index (χ1n) is 7.87. The quantitative estimate of drug-likeness (QED) is 0.754. The van der Waals surface area contributed by atoms with Crippen molar-refractivity contribution in [2.45, 2.75) is 44.2 Å². The van der Waals surface area contributed by atoms with Gasteiger partial charge in [-0.1, -0.05) is 0 Å². The minimum Gasteiger partial charge on any atom is -0.385 e. The third-order valence-electron chi connectivity index (χ3n) is 4.84. The van der Waals surface area contributed by atoms with E-state index in [9.17, 15) is 4.79 Å². The Kier molecular flexibility index (Phi) is 5.81. The summed E-state index contributed by atoms with van der Waals surface area (Å²) in [6.45, 7) is 3.64. The number of nitrogens with two attached hydrogens (primary N) is 1. The maximum atomic E-state index is 12.4. The molecule has 0 bridgehead atoms. The molecule has 20 heavy (non-hydrogen) atoms. The maximum Gasteiger partial charge on any atom is 0.239 e. The lowest BCUT2D eigenvalue weighted by molar-refractivity contribution is -0.136. The van der Waals surface area contributed by atoms with Crippen LogP contribution in [0.1, 0.15) is 32.1 Å². The number of hydrogen-bond donors (Lipinski definition) is 1. The molecule has 0 saturated carbocycles. The predicted molar refractivity (Wildman–Crippen MR) is 79.4 cm³/mol. The SMILES string of the molecule is COCCCC(N)C(=O)N1CCC2C(CCCN2C)C1. The molecule has 5 heteroatoms. The van der Waals surface area contributed by atoms with Crippen LogP contribution in [0.3, 0.4) is 0 Å². The standard InChI is InChI=1S/C15H29N3O2/c1-17-8-3-5-12-11-18(9-7-14(12)17)15(19)13(16)6-4-10-20-2/h12-14H,3-11,16H2,1-2H3. The first-order chi connectivity index (χ1) is 9.63. The Morgan fingerprint density at radius 3 is 2.95 bits per heavy atom. The van der Waals surface area contributed by atoms with E-state index >= 15 is 0 Å². The van der Waals surface area contributed by atoms with Gasteiger partial charge in [0, 0.05) is 32.8 Å². The van der Waals surface area contributed by atoms with Crippen LogP contribution >= 0.6 is 0 Å². The van der Waals surface area contributed by atoms with Gasteiger partial charge < -0.3 is 20.3 Å². The van der Waals surface area contributed by atoms with Crippen molar-refractivity contribution in [3.05, 3.63) is 0 Å². The van der Waals surface area contributed by atoms with Crippen LogP contribution in [0.5, 0.6) is 0 Å². The third-order valence-corrected chi connectivity index (χ3v) is 4.84. The lowest BCUT2D eigenvalue weighted by atomic mass is 9.84. The van der Waals surface area contributed by atoms with E-state index in [0.29, 0.717) is 18.6 Å². The van der Waals surface area contributed by atoms with E-state index in [4.69, 9.17) is 10.5 Å². The fraction of sp³-hybridized carbons (Fsp3) is 0.933.